The number of aliphatic hydroxyl groups is 2. The van der Waals surface area contributed by atoms with E-state index >= 15 is 0 Å². The molecule has 0 aliphatic carbocycles. The molecule has 0 aromatic heterocycles. The first kappa shape index (κ1) is 13.0. The van der Waals surface area contributed by atoms with Crippen LogP contribution in [0.4, 0.5) is 0 Å². The van der Waals surface area contributed by atoms with Gasteiger partial charge in [-0.1, -0.05) is 0 Å². The summed E-state index contributed by atoms with van der Waals surface area (Å²) in [6.07, 6.45) is -6.28. The van der Waals surface area contributed by atoms with Gasteiger partial charge in [-0.25, -0.2) is 0 Å². The molecule has 0 bridgehead atoms. The van der Waals surface area contributed by atoms with Crippen LogP contribution >= 0.6 is 0 Å². The summed E-state index contributed by atoms with van der Waals surface area (Å²) in [7, 11) is -4.01. The molecular weight excluding hydrogens is 244 g/mol. The third-order valence-electron chi connectivity index (χ3n) is 1.52. The fraction of sp³-hybridized carbons (Fsp3) is 0.714. The Balaban J connectivity index is 4.76. The van der Waals surface area contributed by atoms with Crippen LogP contribution in [0.2, 0.25) is 0 Å². The zero-order valence-electron chi connectivity index (χ0n) is 9.27. The molecule has 3 atom stereocenters. The van der Waals surface area contributed by atoms with Crippen molar-refractivity contribution in [2.24, 2.45) is 0 Å². The third kappa shape index (κ3) is 5.16. The summed E-state index contributed by atoms with van der Waals surface area (Å²) in [4.78, 5) is 20.8. The summed E-state index contributed by atoms with van der Waals surface area (Å²) in [5.41, 5.74) is 0. The predicted octanol–water partition coefficient (Wildman–Crippen LogP) is -2.58. The van der Waals surface area contributed by atoms with E-state index in [9.17, 15) is 23.1 Å². The molecule has 16 heavy (non-hydrogen) atoms. The van der Waals surface area contributed by atoms with Crippen molar-refractivity contribution in [1.82, 2.24) is 0 Å². The molecule has 0 fully saturated rings. The van der Waals surface area contributed by atoms with E-state index in [1.165, 1.54) is 0 Å². The summed E-state index contributed by atoms with van der Waals surface area (Å²) in [5, 5.41) is 18.2. The van der Waals surface area contributed by atoms with Crippen LogP contribution in [-0.2, 0) is 28.6 Å². The molecule has 0 rings (SSSR count). The second kappa shape index (κ2) is 6.53. The van der Waals surface area contributed by atoms with E-state index in [-0.39, 0.29) is 6.29 Å². The average molecular weight is 257 g/mol. The first-order valence-electron chi connectivity index (χ1n) is 4.51. The van der Waals surface area contributed by atoms with Crippen LogP contribution in [0.5, 0.6) is 0 Å². The normalized spacial score (nSPS) is 18.1. The van der Waals surface area contributed by atoms with E-state index in [1.807, 2.05) is 0 Å². The smallest absolute Gasteiger partial charge is 0.293 e. The summed E-state index contributed by atoms with van der Waals surface area (Å²) in [5.74, 6) is 0. The molecule has 0 radical (unpaired) electrons. The Morgan fingerprint density at radius 3 is 2.38 bits per heavy atom. The van der Waals surface area contributed by atoms with Crippen molar-refractivity contribution in [3.63, 3.8) is 0 Å². The molecule has 0 aliphatic heterocycles. The van der Waals surface area contributed by atoms with Crippen molar-refractivity contribution < 1.29 is 38.5 Å². The summed E-state index contributed by atoms with van der Waals surface area (Å²) in [6.45, 7) is -0.900. The zero-order valence-corrected chi connectivity index (χ0v) is 9.09. The lowest BCUT2D eigenvalue weighted by Crippen LogP contribution is -2.44. The molecule has 0 aliphatic rings. The van der Waals surface area contributed by atoms with Crippen LogP contribution in [-0.4, -0.2) is 62.5 Å². The Morgan fingerprint density at radius 1 is 1.50 bits per heavy atom. The van der Waals surface area contributed by atoms with E-state index in [4.69, 9.17) is 6.48 Å². The van der Waals surface area contributed by atoms with Gasteiger partial charge in [0.05, 0.1) is 12.9 Å². The Labute approximate surface area is 93.3 Å². The predicted molar refractivity (Wildman–Crippen MR) is 49.8 cm³/mol. The van der Waals surface area contributed by atoms with Gasteiger partial charge in [-0.15, -0.1) is 0 Å². The molecule has 0 aromatic rings. The molecule has 0 saturated carbocycles. The van der Waals surface area contributed by atoms with Gasteiger partial charge in [0.2, 0.25) is 0 Å². The van der Waals surface area contributed by atoms with Gasteiger partial charge in [-0.2, -0.15) is 8.42 Å². The number of ether oxygens (including phenoxy) is 1. The largest absolute Gasteiger partial charge is 0.459 e. The first-order valence-corrected chi connectivity index (χ1v) is 5.82. The second-order valence-electron chi connectivity index (χ2n) is 2.81. The van der Waals surface area contributed by atoms with E-state index in [1.54, 1.807) is 0 Å². The average Bonchev–Trinajstić information content (AvgIpc) is 2.20. The topological polar surface area (TPSA) is 127 Å². The first-order chi connectivity index (χ1) is 7.71. The molecular formula is C7H12O8S. The van der Waals surface area contributed by atoms with Crippen LogP contribution in [0.1, 0.15) is 1.37 Å². The van der Waals surface area contributed by atoms with Crippen LogP contribution in [0, 0.1) is 0 Å². The van der Waals surface area contributed by atoms with Crippen LogP contribution in [0.25, 0.3) is 0 Å². The maximum atomic E-state index is 10.7. The fourth-order valence-electron chi connectivity index (χ4n) is 0.850. The molecule has 0 heterocycles. The summed E-state index contributed by atoms with van der Waals surface area (Å²) in [6, 6.07) is 0. The van der Waals surface area contributed by atoms with Gasteiger partial charge in [-0.05, 0) is 0 Å². The monoisotopic (exact) mass is 257 g/mol. The molecule has 0 aromatic carbocycles. The summed E-state index contributed by atoms with van der Waals surface area (Å²) < 4.78 is 36.3. The Morgan fingerprint density at radius 2 is 2.06 bits per heavy atom. The van der Waals surface area contributed by atoms with Crippen molar-refractivity contribution >= 4 is 22.9 Å². The standard InChI is InChI=1S/C7H12O8S/c1-16(12,13)15-6(3-9)7(11)5(2-8)14-4-10/h3-8,11H,2H2,1H3/t5-,6-,7-/m1/s1/i4D. The molecule has 0 saturated heterocycles. The SMILES string of the molecule is [2H]C(=O)O[C@H](CO)[C@@H](O)[C@@H](C=O)OS(C)(=O)=O. The Bertz CT molecular complexity index is 366. The van der Waals surface area contributed by atoms with Crippen molar-refractivity contribution in [3.05, 3.63) is 0 Å². The molecule has 94 valence electrons. The Hall–Kier alpha value is -1.03. The minimum absolute atomic E-state index is 0.0217. The quantitative estimate of drug-likeness (QED) is 0.376. The van der Waals surface area contributed by atoms with Crippen LogP contribution in [0.15, 0.2) is 0 Å². The minimum atomic E-state index is -4.01. The number of aldehydes is 1. The fourth-order valence-corrected chi connectivity index (χ4v) is 1.41. The molecule has 2 N–H and O–H groups in total. The highest BCUT2D eigenvalue weighted by atomic mass is 32.2. The summed E-state index contributed by atoms with van der Waals surface area (Å²) >= 11 is 0. The van der Waals surface area contributed by atoms with E-state index in [2.05, 4.69) is 8.92 Å². The van der Waals surface area contributed by atoms with Crippen molar-refractivity contribution in [1.29, 1.82) is 0 Å². The van der Waals surface area contributed by atoms with Crippen LogP contribution < -0.4 is 0 Å². The highest BCUT2D eigenvalue weighted by Gasteiger charge is 2.31. The maximum absolute atomic E-state index is 10.7. The molecule has 0 amide bonds. The van der Waals surface area contributed by atoms with Crippen molar-refractivity contribution in [3.8, 4) is 0 Å². The van der Waals surface area contributed by atoms with Gasteiger partial charge < -0.3 is 19.7 Å². The lowest BCUT2D eigenvalue weighted by atomic mass is 10.1. The van der Waals surface area contributed by atoms with Gasteiger partial charge in [-0.3, -0.25) is 8.98 Å². The van der Waals surface area contributed by atoms with Crippen LogP contribution in [0.3, 0.4) is 0 Å². The molecule has 9 heteroatoms. The van der Waals surface area contributed by atoms with Gasteiger partial charge in [0, 0.05) is 0 Å². The molecule has 0 spiro atoms. The number of carbonyl (C=O) groups is 2. The minimum Gasteiger partial charge on any atom is -0.459 e. The molecule has 0 unspecified atom stereocenters. The number of hydrogen-bond acceptors (Lipinski definition) is 8. The lowest BCUT2D eigenvalue weighted by molar-refractivity contribution is -0.149. The van der Waals surface area contributed by atoms with Gasteiger partial charge in [0.15, 0.2) is 19.9 Å². The maximum Gasteiger partial charge on any atom is 0.293 e. The second-order valence-corrected chi connectivity index (χ2v) is 4.41. The number of hydrogen-bond donors (Lipinski definition) is 2. The zero-order chi connectivity index (χ0) is 13.6. The van der Waals surface area contributed by atoms with Crippen molar-refractivity contribution in [2.45, 2.75) is 18.3 Å². The lowest BCUT2D eigenvalue weighted by Gasteiger charge is -2.22. The highest BCUT2D eigenvalue weighted by Crippen LogP contribution is 2.08. The molecule has 8 nitrogen and oxygen atoms in total. The van der Waals surface area contributed by atoms with E-state index < -0.39 is 41.5 Å². The van der Waals surface area contributed by atoms with Crippen molar-refractivity contribution in [2.75, 3.05) is 12.9 Å². The van der Waals surface area contributed by atoms with E-state index in [0.717, 1.165) is 0 Å². The number of carbonyl (C=O) groups excluding carboxylic acids is 2. The van der Waals surface area contributed by atoms with Gasteiger partial charge in [0.1, 0.15) is 6.10 Å². The third-order valence-corrected chi connectivity index (χ3v) is 2.09. The number of rotatable bonds is 7. The number of aliphatic hydroxyl groups excluding tert-OH is 2. The Kier molecular flexibility index (Phi) is 5.32. The van der Waals surface area contributed by atoms with E-state index in [0.29, 0.717) is 6.26 Å². The van der Waals surface area contributed by atoms with Gasteiger partial charge in [0.25, 0.3) is 16.6 Å². The highest BCUT2D eigenvalue weighted by molar-refractivity contribution is 7.86. The van der Waals surface area contributed by atoms with Gasteiger partial charge >= 0.3 is 0 Å².